The Morgan fingerprint density at radius 2 is 1.88 bits per heavy atom. The van der Waals surface area contributed by atoms with Crippen LogP contribution in [0.25, 0.3) is 17.5 Å². The topological polar surface area (TPSA) is 87.2 Å². The Morgan fingerprint density at radius 3 is 2.32 bits per heavy atom. The van der Waals surface area contributed by atoms with E-state index < -0.39 is 21.9 Å². The molecule has 0 amide bonds. The molecule has 0 bridgehead atoms. The first kappa shape index (κ1) is 19.2. The number of hydrogen-bond donors (Lipinski definition) is 1. The number of allylic oxidation sites excluding steroid dienone is 1. The fourth-order valence-electron chi connectivity index (χ4n) is 2.33. The van der Waals surface area contributed by atoms with Crippen molar-refractivity contribution < 1.29 is 26.3 Å². The van der Waals surface area contributed by atoms with Gasteiger partial charge in [-0.15, -0.1) is 0 Å². The van der Waals surface area contributed by atoms with Crippen LogP contribution in [-0.2, 0) is 27.5 Å². The minimum Gasteiger partial charge on any atom is -0.380 e. The van der Waals surface area contributed by atoms with Crippen molar-refractivity contribution >= 4 is 16.2 Å². The Bertz CT molecular complexity index is 885. The number of primary sulfonamides is 1. The number of benzene rings is 1. The minimum atomic E-state index is -4.64. The van der Waals surface area contributed by atoms with Crippen LogP contribution in [0, 0.1) is 0 Å². The molecule has 0 fully saturated rings. The number of methoxy groups -OCH3 is 1. The van der Waals surface area contributed by atoms with E-state index in [4.69, 9.17) is 9.88 Å². The summed E-state index contributed by atoms with van der Waals surface area (Å²) in [6, 6.07) is 5.12. The van der Waals surface area contributed by atoms with E-state index in [0.29, 0.717) is 5.56 Å². The van der Waals surface area contributed by atoms with Gasteiger partial charge in [-0.2, -0.15) is 18.3 Å². The van der Waals surface area contributed by atoms with Gasteiger partial charge in [0.05, 0.1) is 17.2 Å². The maximum atomic E-state index is 13.5. The third kappa shape index (κ3) is 4.09. The Balaban J connectivity index is 2.68. The lowest BCUT2D eigenvalue weighted by molar-refractivity contribution is -0.143. The van der Waals surface area contributed by atoms with Gasteiger partial charge < -0.3 is 4.74 Å². The molecule has 2 rings (SSSR count). The number of sulfonamides is 1. The Labute approximate surface area is 142 Å². The largest absolute Gasteiger partial charge is 0.433 e. The van der Waals surface area contributed by atoms with E-state index in [1.165, 1.54) is 43.7 Å². The first-order chi connectivity index (χ1) is 11.6. The van der Waals surface area contributed by atoms with Crippen LogP contribution in [0.2, 0.25) is 0 Å². The third-order valence-corrected chi connectivity index (χ3v) is 4.24. The van der Waals surface area contributed by atoms with E-state index in [0.717, 1.165) is 4.68 Å². The summed E-state index contributed by atoms with van der Waals surface area (Å²) >= 11 is 0. The van der Waals surface area contributed by atoms with Gasteiger partial charge in [0.25, 0.3) is 0 Å². The third-order valence-electron chi connectivity index (χ3n) is 3.31. The minimum absolute atomic E-state index is 0.0493. The highest BCUT2D eigenvalue weighted by atomic mass is 32.2. The zero-order valence-electron chi connectivity index (χ0n) is 13.4. The van der Waals surface area contributed by atoms with Crippen LogP contribution in [0.1, 0.15) is 18.2 Å². The Kier molecular flexibility index (Phi) is 5.35. The summed E-state index contributed by atoms with van der Waals surface area (Å²) in [7, 11) is -2.62. The zero-order chi connectivity index (χ0) is 18.8. The number of alkyl halides is 3. The first-order valence-electron chi connectivity index (χ1n) is 7.03. The van der Waals surface area contributed by atoms with Crippen molar-refractivity contribution in [1.29, 1.82) is 0 Å². The maximum absolute atomic E-state index is 13.5. The van der Waals surface area contributed by atoms with Crippen molar-refractivity contribution in [1.82, 2.24) is 9.78 Å². The van der Waals surface area contributed by atoms with Gasteiger partial charge in [0.15, 0.2) is 5.69 Å². The molecular formula is C15H16F3N3O3S. The van der Waals surface area contributed by atoms with Crippen LogP contribution in [0.15, 0.2) is 35.2 Å². The molecule has 2 N–H and O–H groups in total. The van der Waals surface area contributed by atoms with Gasteiger partial charge >= 0.3 is 6.18 Å². The van der Waals surface area contributed by atoms with Crippen LogP contribution < -0.4 is 5.14 Å². The van der Waals surface area contributed by atoms with E-state index in [2.05, 4.69) is 5.10 Å². The smallest absolute Gasteiger partial charge is 0.380 e. The molecule has 1 aromatic heterocycles. The van der Waals surface area contributed by atoms with Gasteiger partial charge in [-0.1, -0.05) is 18.2 Å². The van der Waals surface area contributed by atoms with Gasteiger partial charge in [-0.25, -0.2) is 18.2 Å². The second kappa shape index (κ2) is 6.98. The van der Waals surface area contributed by atoms with Crippen LogP contribution in [0.4, 0.5) is 13.2 Å². The normalized spacial score (nSPS) is 12.9. The summed E-state index contributed by atoms with van der Waals surface area (Å²) in [6.07, 6.45) is -2.03. The fourth-order valence-corrected chi connectivity index (χ4v) is 2.85. The van der Waals surface area contributed by atoms with Gasteiger partial charge in [-0.05, 0) is 19.1 Å². The molecule has 0 aliphatic rings. The lowest BCUT2D eigenvalue weighted by Crippen LogP contribution is -2.14. The highest BCUT2D eigenvalue weighted by Gasteiger charge is 2.39. The summed E-state index contributed by atoms with van der Waals surface area (Å²) in [5.41, 5.74) is -0.726. The van der Waals surface area contributed by atoms with Gasteiger partial charge in [0.1, 0.15) is 0 Å². The number of aromatic nitrogens is 2. The number of nitrogens with two attached hydrogens (primary N) is 1. The molecule has 1 heterocycles. The Morgan fingerprint density at radius 1 is 1.28 bits per heavy atom. The molecule has 0 atom stereocenters. The molecule has 0 aliphatic carbocycles. The molecule has 25 heavy (non-hydrogen) atoms. The summed E-state index contributed by atoms with van der Waals surface area (Å²) in [5.74, 6) is 0. The van der Waals surface area contributed by atoms with E-state index in [1.54, 1.807) is 6.92 Å². The number of nitrogens with zero attached hydrogens (tertiary/aromatic N) is 2. The standard InChI is InChI=1S/C15H16F3N3O3S/c1-3-8-21-14(15(16,17)18)12(9-24-2)13(20-21)10-4-6-11(7-5-10)25(19,22)23/h3-8H,9H2,1-2H3,(H2,19,22,23)/b8-3+. The maximum Gasteiger partial charge on any atom is 0.433 e. The molecule has 0 unspecified atom stereocenters. The van der Waals surface area contributed by atoms with Gasteiger partial charge in [0.2, 0.25) is 10.0 Å². The van der Waals surface area contributed by atoms with Crippen molar-refractivity contribution in [2.75, 3.05) is 7.11 Å². The average molecular weight is 375 g/mol. The van der Waals surface area contributed by atoms with Crippen molar-refractivity contribution in [2.45, 2.75) is 24.6 Å². The van der Waals surface area contributed by atoms with E-state index in [-0.39, 0.29) is 22.8 Å². The molecule has 2 aromatic rings. The molecular weight excluding hydrogens is 359 g/mol. The summed E-state index contributed by atoms with van der Waals surface area (Å²) in [5, 5.41) is 9.02. The number of ether oxygens (including phenoxy) is 1. The predicted molar refractivity (Wildman–Crippen MR) is 85.8 cm³/mol. The molecule has 0 saturated heterocycles. The number of hydrogen-bond acceptors (Lipinski definition) is 4. The zero-order valence-corrected chi connectivity index (χ0v) is 14.2. The quantitative estimate of drug-likeness (QED) is 0.871. The van der Waals surface area contributed by atoms with E-state index >= 15 is 0 Å². The lowest BCUT2D eigenvalue weighted by Gasteiger charge is -2.10. The summed E-state index contributed by atoms with van der Waals surface area (Å²) in [4.78, 5) is -0.145. The second-order valence-corrected chi connectivity index (χ2v) is 6.66. The van der Waals surface area contributed by atoms with Crippen LogP contribution in [0.5, 0.6) is 0 Å². The fraction of sp³-hybridized carbons (Fsp3) is 0.267. The molecule has 6 nitrogen and oxygen atoms in total. The van der Waals surface area contributed by atoms with Crippen molar-refractivity contribution in [3.63, 3.8) is 0 Å². The molecule has 0 spiro atoms. The number of halogens is 3. The van der Waals surface area contributed by atoms with Crippen molar-refractivity contribution in [3.05, 3.63) is 41.6 Å². The van der Waals surface area contributed by atoms with E-state index in [1.807, 2.05) is 0 Å². The average Bonchev–Trinajstić information content (AvgIpc) is 2.86. The highest BCUT2D eigenvalue weighted by Crippen LogP contribution is 2.37. The monoisotopic (exact) mass is 375 g/mol. The summed E-state index contributed by atoms with van der Waals surface area (Å²) < 4.78 is 68.6. The van der Waals surface area contributed by atoms with Crippen LogP contribution >= 0.6 is 0 Å². The second-order valence-electron chi connectivity index (χ2n) is 5.10. The molecule has 0 radical (unpaired) electrons. The van der Waals surface area contributed by atoms with Crippen molar-refractivity contribution in [2.24, 2.45) is 5.14 Å². The number of rotatable bonds is 5. The van der Waals surface area contributed by atoms with Crippen LogP contribution in [-0.4, -0.2) is 25.3 Å². The summed E-state index contributed by atoms with van der Waals surface area (Å²) in [6.45, 7) is 1.26. The predicted octanol–water partition coefficient (Wildman–Crippen LogP) is 2.85. The molecule has 0 saturated carbocycles. The SMILES string of the molecule is C/C=C/n1nc(-c2ccc(S(N)(=O)=O)cc2)c(COC)c1C(F)(F)F. The molecule has 136 valence electrons. The highest BCUT2D eigenvalue weighted by molar-refractivity contribution is 7.89. The molecule has 1 aromatic carbocycles. The van der Waals surface area contributed by atoms with Gasteiger partial charge in [-0.3, -0.25) is 0 Å². The van der Waals surface area contributed by atoms with E-state index in [9.17, 15) is 21.6 Å². The van der Waals surface area contributed by atoms with Gasteiger partial charge in [0, 0.05) is 24.4 Å². The van der Waals surface area contributed by atoms with Crippen LogP contribution in [0.3, 0.4) is 0 Å². The van der Waals surface area contributed by atoms with Crippen molar-refractivity contribution in [3.8, 4) is 11.3 Å². The Hall–Kier alpha value is -2.17. The first-order valence-corrected chi connectivity index (χ1v) is 8.57. The molecule has 0 aliphatic heterocycles. The molecule has 10 heteroatoms. The lowest BCUT2D eigenvalue weighted by atomic mass is 10.1.